The van der Waals surface area contributed by atoms with Crippen molar-refractivity contribution in [3.63, 3.8) is 0 Å². The number of nitrogens with zero attached hydrogens (tertiary/aromatic N) is 3. The molecule has 0 saturated carbocycles. The minimum absolute atomic E-state index is 0.0183. The van der Waals surface area contributed by atoms with E-state index < -0.39 is 11.8 Å². The van der Waals surface area contributed by atoms with Crippen molar-refractivity contribution in [2.24, 2.45) is 5.92 Å². The van der Waals surface area contributed by atoms with Gasteiger partial charge in [0.1, 0.15) is 0 Å². The largest absolute Gasteiger partial charge is 0.346 e. The zero-order valence-electron chi connectivity index (χ0n) is 17.6. The average Bonchev–Trinajstić information content (AvgIpc) is 2.89. The van der Waals surface area contributed by atoms with Crippen molar-refractivity contribution in [1.29, 1.82) is 0 Å². The van der Waals surface area contributed by atoms with Gasteiger partial charge in [0.2, 0.25) is 0 Å². The Bertz CT molecular complexity index is 812. The number of amides is 2. The maximum atomic E-state index is 12.4. The fraction of sp³-hybridized carbons (Fsp3) is 0.476. The smallest absolute Gasteiger partial charge is 0.313 e. The summed E-state index contributed by atoms with van der Waals surface area (Å²) in [7, 11) is 3.89. The Labute approximate surface area is 167 Å². The molecule has 2 rings (SSSR count). The van der Waals surface area contributed by atoms with E-state index in [0.29, 0.717) is 23.8 Å². The molecule has 1 atom stereocenters. The van der Waals surface area contributed by atoms with Gasteiger partial charge in [-0.2, -0.15) is 5.10 Å². The SMILES string of the molecule is Cc1nn(CC(C)C)c(C)c1NC(=O)C(=O)NCC(c1ccccc1)N(C)C. The Kier molecular flexibility index (Phi) is 7.34. The van der Waals surface area contributed by atoms with Crippen LogP contribution in [0.25, 0.3) is 0 Å². The number of carbonyl (C=O) groups excluding carboxylic acids is 2. The number of nitrogens with one attached hydrogen (secondary N) is 2. The number of likely N-dealkylation sites (N-methyl/N-ethyl adjacent to an activating group) is 1. The number of aromatic nitrogens is 2. The van der Waals surface area contributed by atoms with Gasteiger partial charge in [0.25, 0.3) is 0 Å². The van der Waals surface area contributed by atoms with Crippen molar-refractivity contribution < 1.29 is 9.59 Å². The van der Waals surface area contributed by atoms with Crippen molar-refractivity contribution in [2.45, 2.75) is 40.3 Å². The van der Waals surface area contributed by atoms with Crippen LogP contribution >= 0.6 is 0 Å². The second-order valence-corrected chi connectivity index (χ2v) is 7.68. The van der Waals surface area contributed by atoms with Gasteiger partial charge in [-0.1, -0.05) is 44.2 Å². The van der Waals surface area contributed by atoms with Gasteiger partial charge in [0.05, 0.1) is 23.1 Å². The number of carbonyl (C=O) groups is 2. The highest BCUT2D eigenvalue weighted by atomic mass is 16.2. The van der Waals surface area contributed by atoms with E-state index in [0.717, 1.165) is 17.8 Å². The lowest BCUT2D eigenvalue weighted by molar-refractivity contribution is -0.136. The van der Waals surface area contributed by atoms with E-state index >= 15 is 0 Å². The molecule has 152 valence electrons. The average molecular weight is 386 g/mol. The summed E-state index contributed by atoms with van der Waals surface area (Å²) >= 11 is 0. The van der Waals surface area contributed by atoms with Crippen LogP contribution in [0, 0.1) is 19.8 Å². The minimum atomic E-state index is -0.680. The van der Waals surface area contributed by atoms with Gasteiger partial charge in [0, 0.05) is 13.1 Å². The molecule has 0 radical (unpaired) electrons. The molecule has 0 saturated heterocycles. The van der Waals surface area contributed by atoms with E-state index in [9.17, 15) is 9.59 Å². The lowest BCUT2D eigenvalue weighted by Gasteiger charge is -2.25. The molecule has 0 aliphatic heterocycles. The van der Waals surface area contributed by atoms with Crippen LogP contribution in [0.15, 0.2) is 30.3 Å². The van der Waals surface area contributed by atoms with Crippen LogP contribution in [0.2, 0.25) is 0 Å². The Morgan fingerprint density at radius 2 is 1.75 bits per heavy atom. The number of rotatable bonds is 7. The van der Waals surface area contributed by atoms with E-state index in [2.05, 4.69) is 29.6 Å². The van der Waals surface area contributed by atoms with Crippen LogP contribution in [-0.2, 0) is 16.1 Å². The maximum absolute atomic E-state index is 12.4. The summed E-state index contributed by atoms with van der Waals surface area (Å²) in [5.41, 5.74) is 3.24. The predicted octanol–water partition coefficient (Wildman–Crippen LogP) is 2.51. The molecular formula is C21H31N5O2. The van der Waals surface area contributed by atoms with Gasteiger partial charge in [-0.15, -0.1) is 0 Å². The Morgan fingerprint density at radius 3 is 2.32 bits per heavy atom. The summed E-state index contributed by atoms with van der Waals surface area (Å²) < 4.78 is 1.87. The first-order valence-corrected chi connectivity index (χ1v) is 9.55. The monoisotopic (exact) mass is 385 g/mol. The van der Waals surface area contributed by atoms with Crippen LogP contribution in [0.1, 0.15) is 36.8 Å². The summed E-state index contributed by atoms with van der Waals surface area (Å²) in [5.74, 6) is -0.898. The third-order valence-electron chi connectivity index (χ3n) is 4.63. The Balaban J connectivity index is 2.01. The molecule has 0 aliphatic carbocycles. The lowest BCUT2D eigenvalue weighted by Crippen LogP contribution is -2.40. The van der Waals surface area contributed by atoms with Crippen LogP contribution < -0.4 is 10.6 Å². The van der Waals surface area contributed by atoms with Crippen LogP contribution in [0.5, 0.6) is 0 Å². The fourth-order valence-electron chi connectivity index (χ4n) is 3.12. The molecule has 2 aromatic rings. The van der Waals surface area contributed by atoms with E-state index in [4.69, 9.17) is 0 Å². The summed E-state index contributed by atoms with van der Waals surface area (Å²) in [4.78, 5) is 26.7. The number of aryl methyl sites for hydroxylation is 1. The van der Waals surface area contributed by atoms with E-state index in [1.54, 1.807) is 0 Å². The molecule has 1 heterocycles. The molecule has 1 aromatic carbocycles. The van der Waals surface area contributed by atoms with Gasteiger partial charge in [-0.25, -0.2) is 0 Å². The molecule has 2 N–H and O–H groups in total. The first-order chi connectivity index (χ1) is 13.2. The molecule has 0 fully saturated rings. The Hall–Kier alpha value is -2.67. The van der Waals surface area contributed by atoms with Crippen LogP contribution in [0.3, 0.4) is 0 Å². The van der Waals surface area contributed by atoms with Gasteiger partial charge in [-0.3, -0.25) is 14.3 Å². The second-order valence-electron chi connectivity index (χ2n) is 7.68. The third-order valence-corrected chi connectivity index (χ3v) is 4.63. The molecule has 1 aromatic heterocycles. The summed E-state index contributed by atoms with van der Waals surface area (Å²) in [6, 6.07) is 9.86. The molecule has 2 amide bonds. The van der Waals surface area contributed by atoms with E-state index in [1.807, 2.05) is 67.9 Å². The number of benzene rings is 1. The number of hydrogen-bond donors (Lipinski definition) is 2. The van der Waals surface area contributed by atoms with Gasteiger partial charge < -0.3 is 15.5 Å². The van der Waals surface area contributed by atoms with Crippen molar-refractivity contribution in [1.82, 2.24) is 20.0 Å². The van der Waals surface area contributed by atoms with Crippen LogP contribution in [-0.4, -0.2) is 47.1 Å². The number of hydrogen-bond acceptors (Lipinski definition) is 4. The van der Waals surface area contributed by atoms with E-state index in [-0.39, 0.29) is 6.04 Å². The summed E-state index contributed by atoms with van der Waals surface area (Å²) in [5, 5.41) is 9.92. The first-order valence-electron chi connectivity index (χ1n) is 9.55. The second kappa shape index (κ2) is 9.50. The maximum Gasteiger partial charge on any atom is 0.313 e. The van der Waals surface area contributed by atoms with Gasteiger partial charge >= 0.3 is 11.8 Å². The molecule has 7 heteroatoms. The van der Waals surface area contributed by atoms with Gasteiger partial charge in [0.15, 0.2) is 0 Å². The zero-order chi connectivity index (χ0) is 20.8. The lowest BCUT2D eigenvalue weighted by atomic mass is 10.1. The molecule has 1 unspecified atom stereocenters. The van der Waals surface area contributed by atoms with E-state index in [1.165, 1.54) is 0 Å². The fourth-order valence-corrected chi connectivity index (χ4v) is 3.12. The predicted molar refractivity (Wildman–Crippen MR) is 111 cm³/mol. The molecular weight excluding hydrogens is 354 g/mol. The highest BCUT2D eigenvalue weighted by molar-refractivity contribution is 6.39. The third kappa shape index (κ3) is 5.42. The molecule has 28 heavy (non-hydrogen) atoms. The summed E-state index contributed by atoms with van der Waals surface area (Å²) in [6.45, 7) is 9.04. The standard InChI is InChI=1S/C21H31N5O2/c1-14(2)13-26-16(4)19(15(3)24-26)23-21(28)20(27)22-12-18(25(5)6)17-10-8-7-9-11-17/h7-11,14,18H,12-13H2,1-6H3,(H,22,27)(H,23,28). The molecule has 0 aliphatic rings. The number of anilines is 1. The topological polar surface area (TPSA) is 79.3 Å². The highest BCUT2D eigenvalue weighted by Gasteiger charge is 2.21. The van der Waals surface area contributed by atoms with Crippen molar-refractivity contribution in [3.05, 3.63) is 47.3 Å². The molecule has 0 spiro atoms. The van der Waals surface area contributed by atoms with Crippen molar-refractivity contribution >= 4 is 17.5 Å². The van der Waals surface area contributed by atoms with Crippen molar-refractivity contribution in [3.8, 4) is 0 Å². The first kappa shape index (κ1) is 21.6. The summed E-state index contributed by atoms with van der Waals surface area (Å²) in [6.07, 6.45) is 0. The molecule has 7 nitrogen and oxygen atoms in total. The molecule has 0 bridgehead atoms. The minimum Gasteiger partial charge on any atom is -0.346 e. The van der Waals surface area contributed by atoms with Crippen LogP contribution in [0.4, 0.5) is 5.69 Å². The quantitative estimate of drug-likeness (QED) is 0.718. The normalized spacial score (nSPS) is 12.3. The highest BCUT2D eigenvalue weighted by Crippen LogP contribution is 2.20. The Morgan fingerprint density at radius 1 is 1.11 bits per heavy atom. The van der Waals surface area contributed by atoms with Crippen molar-refractivity contribution in [2.75, 3.05) is 26.0 Å². The van der Waals surface area contributed by atoms with Gasteiger partial charge in [-0.05, 0) is 39.4 Å². The zero-order valence-corrected chi connectivity index (χ0v) is 17.6.